The number of amides is 1. The number of hydrogen-bond acceptors (Lipinski definition) is 4. The number of anilines is 2. The Morgan fingerprint density at radius 1 is 1.04 bits per heavy atom. The quantitative estimate of drug-likeness (QED) is 0.832. The molecule has 2 aromatic carbocycles. The van der Waals surface area contributed by atoms with E-state index in [1.54, 1.807) is 12.1 Å². The van der Waals surface area contributed by atoms with E-state index in [0.717, 1.165) is 5.56 Å². The second kappa shape index (κ2) is 7.37. The zero-order valence-corrected chi connectivity index (χ0v) is 16.4. The van der Waals surface area contributed by atoms with E-state index < -0.39 is 10.0 Å². The van der Waals surface area contributed by atoms with Crippen molar-refractivity contribution in [1.82, 2.24) is 0 Å². The average molecular weight is 376 g/mol. The highest BCUT2D eigenvalue weighted by molar-refractivity contribution is 7.92. The summed E-state index contributed by atoms with van der Waals surface area (Å²) in [6, 6.07) is 11.6. The zero-order valence-electron chi connectivity index (χ0n) is 15.6. The molecule has 2 rings (SSSR count). The number of carbonyl (C=O) groups is 1. The number of methoxy groups -OCH3 is 1. The molecule has 0 heterocycles. The van der Waals surface area contributed by atoms with Crippen molar-refractivity contribution in [3.63, 3.8) is 0 Å². The lowest BCUT2D eigenvalue weighted by atomic mass is 9.86. The molecule has 140 valence electrons. The summed E-state index contributed by atoms with van der Waals surface area (Å²) < 4.78 is 33.5. The first kappa shape index (κ1) is 19.8. The van der Waals surface area contributed by atoms with Gasteiger partial charge in [0.15, 0.2) is 0 Å². The Morgan fingerprint density at radius 3 is 2.27 bits per heavy atom. The van der Waals surface area contributed by atoms with Crippen molar-refractivity contribution in [1.29, 1.82) is 0 Å². The molecule has 2 aromatic rings. The van der Waals surface area contributed by atoms with E-state index in [2.05, 4.69) is 10.0 Å². The third kappa shape index (κ3) is 4.54. The SMILES string of the molecule is COc1cc(S(=O)(=O)Nc2ccccc2C(C)(C)C)ccc1NC(C)=O. The van der Waals surface area contributed by atoms with Crippen LogP contribution in [0.1, 0.15) is 33.3 Å². The summed E-state index contributed by atoms with van der Waals surface area (Å²) in [6.45, 7) is 7.43. The van der Waals surface area contributed by atoms with Crippen LogP contribution in [0.5, 0.6) is 5.75 Å². The van der Waals surface area contributed by atoms with Crippen LogP contribution >= 0.6 is 0 Å². The topological polar surface area (TPSA) is 84.5 Å². The van der Waals surface area contributed by atoms with Crippen molar-refractivity contribution >= 4 is 27.3 Å². The van der Waals surface area contributed by atoms with Crippen LogP contribution in [0.15, 0.2) is 47.4 Å². The van der Waals surface area contributed by atoms with Gasteiger partial charge < -0.3 is 10.1 Å². The highest BCUT2D eigenvalue weighted by Crippen LogP contribution is 2.32. The number of para-hydroxylation sites is 1. The molecule has 0 saturated heterocycles. The largest absolute Gasteiger partial charge is 0.495 e. The van der Waals surface area contributed by atoms with Gasteiger partial charge in [0.1, 0.15) is 5.75 Å². The first-order valence-electron chi connectivity index (χ1n) is 8.12. The molecule has 0 atom stereocenters. The van der Waals surface area contributed by atoms with Gasteiger partial charge in [-0.1, -0.05) is 39.0 Å². The van der Waals surface area contributed by atoms with Gasteiger partial charge in [-0.05, 0) is 29.2 Å². The minimum Gasteiger partial charge on any atom is -0.495 e. The molecular formula is C19H24N2O4S. The van der Waals surface area contributed by atoms with Gasteiger partial charge in [0, 0.05) is 13.0 Å². The van der Waals surface area contributed by atoms with Crippen molar-refractivity contribution in [3.8, 4) is 5.75 Å². The Bertz CT molecular complexity index is 915. The maximum absolute atomic E-state index is 12.8. The average Bonchev–Trinajstić information content (AvgIpc) is 2.53. The van der Waals surface area contributed by atoms with Gasteiger partial charge in [-0.15, -0.1) is 0 Å². The molecule has 0 aliphatic heterocycles. The van der Waals surface area contributed by atoms with Crippen molar-refractivity contribution in [2.75, 3.05) is 17.1 Å². The lowest BCUT2D eigenvalue weighted by Gasteiger charge is -2.23. The predicted molar refractivity (Wildman–Crippen MR) is 103 cm³/mol. The summed E-state index contributed by atoms with van der Waals surface area (Å²) in [5.74, 6) is 0.00307. The maximum Gasteiger partial charge on any atom is 0.262 e. The molecule has 7 heteroatoms. The van der Waals surface area contributed by atoms with E-state index in [0.29, 0.717) is 11.4 Å². The Kier molecular flexibility index (Phi) is 5.61. The van der Waals surface area contributed by atoms with Gasteiger partial charge in [-0.3, -0.25) is 9.52 Å². The number of sulfonamides is 1. The summed E-state index contributed by atoms with van der Waals surface area (Å²) in [7, 11) is -2.40. The highest BCUT2D eigenvalue weighted by atomic mass is 32.2. The fourth-order valence-electron chi connectivity index (χ4n) is 2.56. The number of ether oxygens (including phenoxy) is 1. The van der Waals surface area contributed by atoms with Gasteiger partial charge in [0.25, 0.3) is 10.0 Å². The molecule has 0 unspecified atom stereocenters. The lowest BCUT2D eigenvalue weighted by molar-refractivity contribution is -0.114. The standard InChI is InChI=1S/C19H24N2O4S/c1-13(22)20-17-11-10-14(12-18(17)25-5)26(23,24)21-16-9-7-6-8-15(16)19(2,3)4/h6-12,21H,1-5H3,(H,20,22). The Morgan fingerprint density at radius 2 is 1.69 bits per heavy atom. The number of benzene rings is 2. The van der Waals surface area contributed by atoms with Gasteiger partial charge >= 0.3 is 0 Å². The molecule has 6 nitrogen and oxygen atoms in total. The van der Waals surface area contributed by atoms with Crippen LogP contribution in [0.25, 0.3) is 0 Å². The van der Waals surface area contributed by atoms with Crippen LogP contribution in [-0.2, 0) is 20.2 Å². The molecule has 0 fully saturated rings. The van der Waals surface area contributed by atoms with Crippen molar-refractivity contribution in [2.24, 2.45) is 0 Å². The molecule has 0 saturated carbocycles. The van der Waals surface area contributed by atoms with Crippen molar-refractivity contribution in [2.45, 2.75) is 38.0 Å². The van der Waals surface area contributed by atoms with E-state index in [4.69, 9.17) is 4.74 Å². The summed E-state index contributed by atoms with van der Waals surface area (Å²) in [6.07, 6.45) is 0. The van der Waals surface area contributed by atoms with E-state index in [-0.39, 0.29) is 22.0 Å². The van der Waals surface area contributed by atoms with E-state index in [1.165, 1.54) is 32.2 Å². The fraction of sp³-hybridized carbons (Fsp3) is 0.316. The molecule has 0 aliphatic carbocycles. The van der Waals surface area contributed by atoms with Crippen LogP contribution in [0, 0.1) is 0 Å². The molecule has 0 bridgehead atoms. The minimum absolute atomic E-state index is 0.0483. The molecule has 2 N–H and O–H groups in total. The minimum atomic E-state index is -3.82. The monoisotopic (exact) mass is 376 g/mol. The van der Waals surface area contributed by atoms with E-state index in [1.807, 2.05) is 32.9 Å². The third-order valence-corrected chi connectivity index (χ3v) is 5.14. The number of rotatable bonds is 5. The molecule has 0 aliphatic rings. The predicted octanol–water partition coefficient (Wildman–Crippen LogP) is 3.75. The van der Waals surface area contributed by atoms with Gasteiger partial charge in [-0.2, -0.15) is 0 Å². The summed E-state index contributed by atoms with van der Waals surface area (Å²) in [5.41, 5.74) is 1.62. The summed E-state index contributed by atoms with van der Waals surface area (Å²) >= 11 is 0. The van der Waals surface area contributed by atoms with Crippen molar-refractivity contribution < 1.29 is 17.9 Å². The molecular weight excluding hydrogens is 352 g/mol. The van der Waals surface area contributed by atoms with Crippen LogP contribution in [0.3, 0.4) is 0 Å². The number of nitrogens with one attached hydrogen (secondary N) is 2. The molecule has 0 radical (unpaired) electrons. The first-order chi connectivity index (χ1) is 12.0. The Labute approximate surface area is 154 Å². The summed E-state index contributed by atoms with van der Waals surface area (Å²) in [4.78, 5) is 11.3. The maximum atomic E-state index is 12.8. The highest BCUT2D eigenvalue weighted by Gasteiger charge is 2.22. The lowest BCUT2D eigenvalue weighted by Crippen LogP contribution is -2.19. The Balaban J connectivity index is 2.42. The summed E-state index contributed by atoms with van der Waals surface area (Å²) in [5, 5.41) is 2.60. The van der Waals surface area contributed by atoms with Crippen LogP contribution in [0.4, 0.5) is 11.4 Å². The van der Waals surface area contributed by atoms with Gasteiger partial charge in [-0.25, -0.2) is 8.42 Å². The molecule has 0 spiro atoms. The number of hydrogen-bond donors (Lipinski definition) is 2. The molecule has 26 heavy (non-hydrogen) atoms. The normalized spacial score (nSPS) is 11.7. The van der Waals surface area contributed by atoms with E-state index >= 15 is 0 Å². The second-order valence-electron chi connectivity index (χ2n) is 6.94. The second-order valence-corrected chi connectivity index (χ2v) is 8.63. The molecule has 0 aromatic heterocycles. The molecule has 1 amide bonds. The van der Waals surface area contributed by atoms with Crippen LogP contribution in [-0.4, -0.2) is 21.4 Å². The van der Waals surface area contributed by atoms with Crippen molar-refractivity contribution in [3.05, 3.63) is 48.0 Å². The zero-order chi connectivity index (χ0) is 19.5. The number of carbonyl (C=O) groups excluding carboxylic acids is 1. The van der Waals surface area contributed by atoms with Crippen LogP contribution in [0.2, 0.25) is 0 Å². The smallest absolute Gasteiger partial charge is 0.262 e. The third-order valence-electron chi connectivity index (χ3n) is 3.77. The Hall–Kier alpha value is -2.54. The first-order valence-corrected chi connectivity index (χ1v) is 9.61. The van der Waals surface area contributed by atoms with Crippen LogP contribution < -0.4 is 14.8 Å². The van der Waals surface area contributed by atoms with Gasteiger partial charge in [0.2, 0.25) is 5.91 Å². The fourth-order valence-corrected chi connectivity index (χ4v) is 3.66. The van der Waals surface area contributed by atoms with E-state index in [9.17, 15) is 13.2 Å². The van der Waals surface area contributed by atoms with Gasteiger partial charge in [0.05, 0.1) is 23.4 Å².